The van der Waals surface area contributed by atoms with Crippen LogP contribution in [0.15, 0.2) is 42.5 Å². The summed E-state index contributed by atoms with van der Waals surface area (Å²) in [6, 6.07) is 12.6. The van der Waals surface area contributed by atoms with Crippen LogP contribution in [0, 0.1) is 5.92 Å². The Morgan fingerprint density at radius 1 is 1.00 bits per heavy atom. The smallest absolute Gasteiger partial charge is 0.226 e. The van der Waals surface area contributed by atoms with E-state index in [0.29, 0.717) is 45.2 Å². The highest BCUT2D eigenvalue weighted by atomic mass is 35.5. The molecule has 1 aliphatic rings. The number of alkyl halides is 1. The largest absolute Gasteiger partial charge is 0.354 e. The Kier molecular flexibility index (Phi) is 6.13. The number of thiazole rings is 1. The van der Waals surface area contributed by atoms with Gasteiger partial charge in [-0.15, -0.1) is 0 Å². The Labute approximate surface area is 199 Å². The molecule has 9 heteroatoms. The topological polar surface area (TPSA) is 62.7 Å². The third-order valence-corrected chi connectivity index (χ3v) is 6.97. The van der Waals surface area contributed by atoms with Crippen molar-refractivity contribution in [1.29, 1.82) is 0 Å². The van der Waals surface area contributed by atoms with E-state index in [1.54, 1.807) is 12.1 Å². The van der Waals surface area contributed by atoms with E-state index in [0.717, 1.165) is 27.6 Å². The summed E-state index contributed by atoms with van der Waals surface area (Å²) in [6.07, 6.45) is 2.99. The molecule has 1 aliphatic carbocycles. The highest BCUT2D eigenvalue weighted by Gasteiger charge is 2.22. The van der Waals surface area contributed by atoms with Gasteiger partial charge in [-0.05, 0) is 54.2 Å². The van der Waals surface area contributed by atoms with E-state index >= 15 is 0 Å². The monoisotopic (exact) mass is 487 g/mol. The van der Waals surface area contributed by atoms with Crippen molar-refractivity contribution in [3.05, 3.63) is 68.6 Å². The van der Waals surface area contributed by atoms with Crippen molar-refractivity contribution in [2.45, 2.75) is 25.9 Å². The van der Waals surface area contributed by atoms with Gasteiger partial charge in [-0.25, -0.2) is 14.4 Å². The Balaban J connectivity index is 1.50. The van der Waals surface area contributed by atoms with E-state index in [-0.39, 0.29) is 0 Å². The SMILES string of the molecule is FCc1ccc(Nc2nc(NCC3CC3)nc3sc(Cc4c(Cl)cccc4Cl)nc23)cc1. The van der Waals surface area contributed by atoms with Gasteiger partial charge in [0.05, 0.1) is 0 Å². The van der Waals surface area contributed by atoms with E-state index < -0.39 is 6.67 Å². The average molecular weight is 488 g/mol. The minimum Gasteiger partial charge on any atom is -0.354 e. The third kappa shape index (κ3) is 4.80. The highest BCUT2D eigenvalue weighted by molar-refractivity contribution is 7.18. The van der Waals surface area contributed by atoms with Crippen LogP contribution in [0.4, 0.5) is 21.8 Å². The Bertz CT molecular complexity index is 1240. The van der Waals surface area contributed by atoms with Crippen LogP contribution in [-0.4, -0.2) is 21.5 Å². The maximum Gasteiger partial charge on any atom is 0.226 e. The number of nitrogens with one attached hydrogen (secondary N) is 2. The van der Waals surface area contributed by atoms with E-state index in [9.17, 15) is 4.39 Å². The van der Waals surface area contributed by atoms with E-state index in [1.165, 1.54) is 24.2 Å². The van der Waals surface area contributed by atoms with Gasteiger partial charge in [-0.1, -0.05) is 52.7 Å². The molecular weight excluding hydrogens is 468 g/mol. The van der Waals surface area contributed by atoms with Gasteiger partial charge in [0.25, 0.3) is 0 Å². The fourth-order valence-corrected chi connectivity index (χ4v) is 4.81. The van der Waals surface area contributed by atoms with Crippen LogP contribution < -0.4 is 10.6 Å². The van der Waals surface area contributed by atoms with E-state index in [1.807, 2.05) is 30.3 Å². The first kappa shape index (κ1) is 21.4. The van der Waals surface area contributed by atoms with Gasteiger partial charge in [0.1, 0.15) is 17.2 Å². The zero-order valence-electron chi connectivity index (χ0n) is 17.0. The van der Waals surface area contributed by atoms with Gasteiger partial charge in [0.15, 0.2) is 10.6 Å². The number of anilines is 3. The van der Waals surface area contributed by atoms with Crippen LogP contribution in [-0.2, 0) is 13.1 Å². The molecule has 0 bridgehead atoms. The number of hydrogen-bond acceptors (Lipinski definition) is 6. The lowest BCUT2D eigenvalue weighted by Gasteiger charge is -2.09. The summed E-state index contributed by atoms with van der Waals surface area (Å²) in [7, 11) is 0. The molecule has 0 radical (unpaired) electrons. The molecule has 0 aliphatic heterocycles. The molecule has 0 unspecified atom stereocenters. The molecule has 5 nitrogen and oxygen atoms in total. The molecule has 4 aromatic rings. The van der Waals surface area contributed by atoms with E-state index in [2.05, 4.69) is 20.6 Å². The second kappa shape index (κ2) is 9.17. The lowest BCUT2D eigenvalue weighted by Crippen LogP contribution is -2.08. The first-order valence-corrected chi connectivity index (χ1v) is 11.9. The molecule has 2 aromatic carbocycles. The molecule has 0 saturated heterocycles. The van der Waals surface area contributed by atoms with Gasteiger partial charge in [0.2, 0.25) is 5.95 Å². The summed E-state index contributed by atoms with van der Waals surface area (Å²) in [4.78, 5) is 14.9. The van der Waals surface area contributed by atoms with Crippen molar-refractivity contribution >= 4 is 62.3 Å². The lowest BCUT2D eigenvalue weighted by atomic mass is 10.1. The molecule has 0 spiro atoms. The summed E-state index contributed by atoms with van der Waals surface area (Å²) in [5.74, 6) is 1.87. The number of benzene rings is 2. The van der Waals surface area contributed by atoms with Crippen LogP contribution >= 0.6 is 34.5 Å². The van der Waals surface area contributed by atoms with Crippen molar-refractivity contribution < 1.29 is 4.39 Å². The molecule has 1 fully saturated rings. The summed E-state index contributed by atoms with van der Waals surface area (Å²) < 4.78 is 12.9. The van der Waals surface area contributed by atoms with Crippen LogP contribution in [0.5, 0.6) is 0 Å². The molecule has 32 heavy (non-hydrogen) atoms. The normalized spacial score (nSPS) is 13.5. The van der Waals surface area contributed by atoms with E-state index in [4.69, 9.17) is 28.2 Å². The van der Waals surface area contributed by atoms with Crippen molar-refractivity contribution in [3.63, 3.8) is 0 Å². The first-order chi connectivity index (χ1) is 15.6. The van der Waals surface area contributed by atoms with Crippen molar-refractivity contribution in [2.24, 2.45) is 5.92 Å². The maximum atomic E-state index is 12.9. The standard InChI is InChI=1S/C23H20Cl2FN5S/c24-17-2-1-3-18(25)16(17)10-19-29-20-21(28-15-8-6-13(11-26)7-9-15)30-23(31-22(20)32-19)27-12-14-4-5-14/h1-3,6-9,14H,4-5,10-12H2,(H2,27,28,30,31). The summed E-state index contributed by atoms with van der Waals surface area (Å²) in [5.41, 5.74) is 2.95. The number of nitrogens with zero attached hydrogens (tertiary/aromatic N) is 3. The molecule has 2 N–H and O–H groups in total. The zero-order valence-corrected chi connectivity index (χ0v) is 19.4. The van der Waals surface area contributed by atoms with Gasteiger partial charge < -0.3 is 10.6 Å². The minimum atomic E-state index is -0.493. The summed E-state index contributed by atoms with van der Waals surface area (Å²) in [6.45, 7) is 0.365. The molecule has 2 heterocycles. The Hall–Kier alpha value is -2.48. The number of rotatable bonds is 8. The molecule has 1 saturated carbocycles. The lowest BCUT2D eigenvalue weighted by molar-refractivity contribution is 0.485. The second-order valence-electron chi connectivity index (χ2n) is 7.81. The van der Waals surface area contributed by atoms with Crippen LogP contribution in [0.1, 0.15) is 29.0 Å². The minimum absolute atomic E-state index is 0.493. The highest BCUT2D eigenvalue weighted by Crippen LogP contribution is 2.34. The number of hydrogen-bond donors (Lipinski definition) is 2. The first-order valence-electron chi connectivity index (χ1n) is 10.3. The van der Waals surface area contributed by atoms with Crippen LogP contribution in [0.25, 0.3) is 10.3 Å². The molecule has 2 aromatic heterocycles. The number of fused-ring (bicyclic) bond motifs is 1. The van der Waals surface area contributed by atoms with Crippen LogP contribution in [0.2, 0.25) is 10.0 Å². The fourth-order valence-electron chi connectivity index (χ4n) is 3.33. The molecular formula is C23H20Cl2FN5S. The third-order valence-electron chi connectivity index (χ3n) is 5.31. The second-order valence-corrected chi connectivity index (χ2v) is 9.69. The Morgan fingerprint density at radius 2 is 1.75 bits per heavy atom. The van der Waals surface area contributed by atoms with Gasteiger partial charge in [0, 0.05) is 28.7 Å². The fraction of sp³-hybridized carbons (Fsp3) is 0.261. The van der Waals surface area contributed by atoms with Gasteiger partial charge in [-0.3, -0.25) is 0 Å². The Morgan fingerprint density at radius 3 is 2.44 bits per heavy atom. The predicted molar refractivity (Wildman–Crippen MR) is 130 cm³/mol. The van der Waals surface area contributed by atoms with Crippen LogP contribution in [0.3, 0.4) is 0 Å². The van der Waals surface area contributed by atoms with Crippen molar-refractivity contribution in [3.8, 4) is 0 Å². The summed E-state index contributed by atoms with van der Waals surface area (Å²) >= 11 is 14.2. The molecule has 0 atom stereocenters. The van der Waals surface area contributed by atoms with Gasteiger partial charge >= 0.3 is 0 Å². The van der Waals surface area contributed by atoms with Gasteiger partial charge in [-0.2, -0.15) is 4.98 Å². The zero-order chi connectivity index (χ0) is 22.1. The maximum absolute atomic E-state index is 12.9. The molecule has 0 amide bonds. The molecule has 5 rings (SSSR count). The molecule has 164 valence electrons. The van der Waals surface area contributed by atoms with Crippen molar-refractivity contribution in [2.75, 3.05) is 17.2 Å². The summed E-state index contributed by atoms with van der Waals surface area (Å²) in [5, 5.41) is 8.74. The van der Waals surface area contributed by atoms with Crippen molar-refractivity contribution in [1.82, 2.24) is 15.0 Å². The predicted octanol–water partition coefficient (Wildman–Crippen LogP) is 7.02. The quantitative estimate of drug-likeness (QED) is 0.279. The average Bonchev–Trinajstić information content (AvgIpc) is 3.53. The number of aromatic nitrogens is 3. The number of halogens is 3.